The number of anilines is 1. The van der Waals surface area contributed by atoms with Crippen molar-refractivity contribution in [3.63, 3.8) is 0 Å². The highest BCUT2D eigenvalue weighted by molar-refractivity contribution is 8.00. The second-order valence-electron chi connectivity index (χ2n) is 7.23. The first-order valence-electron chi connectivity index (χ1n) is 9.86. The summed E-state index contributed by atoms with van der Waals surface area (Å²) in [7, 11) is 0. The van der Waals surface area contributed by atoms with Crippen LogP contribution in [-0.4, -0.2) is 26.8 Å². The fourth-order valence-corrected chi connectivity index (χ4v) is 3.81. The number of hydrogen-bond donors (Lipinski definition) is 1. The van der Waals surface area contributed by atoms with Gasteiger partial charge in [0.05, 0.1) is 11.3 Å². The van der Waals surface area contributed by atoms with Crippen molar-refractivity contribution >= 4 is 23.4 Å². The van der Waals surface area contributed by atoms with Crippen molar-refractivity contribution in [2.75, 3.05) is 11.1 Å². The Balaban J connectivity index is 1.48. The quantitative estimate of drug-likeness (QED) is 0.409. The van der Waals surface area contributed by atoms with Gasteiger partial charge in [0.15, 0.2) is 0 Å². The summed E-state index contributed by atoms with van der Waals surface area (Å²) in [5.41, 5.74) is 5.78. The number of rotatable bonds is 6. The molecule has 2 heterocycles. The van der Waals surface area contributed by atoms with Crippen LogP contribution >= 0.6 is 11.8 Å². The molecule has 0 aliphatic rings. The Morgan fingerprint density at radius 2 is 1.84 bits per heavy atom. The van der Waals surface area contributed by atoms with Gasteiger partial charge in [0.2, 0.25) is 11.7 Å². The number of nitrogens with zero attached hydrogens (tertiary/aromatic N) is 3. The van der Waals surface area contributed by atoms with E-state index < -0.39 is 0 Å². The predicted octanol–water partition coefficient (Wildman–Crippen LogP) is 5.45. The van der Waals surface area contributed by atoms with Crippen LogP contribution in [0.3, 0.4) is 0 Å². The molecule has 0 spiro atoms. The molecule has 0 bridgehead atoms. The van der Waals surface area contributed by atoms with Gasteiger partial charge in [-0.25, -0.2) is 4.98 Å². The molecular formula is C24H22N4O2S. The van der Waals surface area contributed by atoms with Crippen molar-refractivity contribution in [2.45, 2.75) is 25.8 Å². The monoisotopic (exact) mass is 430 g/mol. The lowest BCUT2D eigenvalue weighted by molar-refractivity contribution is -0.113. The first-order chi connectivity index (χ1) is 15.0. The minimum atomic E-state index is -0.0961. The first-order valence-corrected chi connectivity index (χ1v) is 10.8. The molecular weight excluding hydrogens is 408 g/mol. The molecule has 156 valence electrons. The topological polar surface area (TPSA) is 80.9 Å². The van der Waals surface area contributed by atoms with Gasteiger partial charge in [0.1, 0.15) is 5.03 Å². The number of carbonyl (C=O) groups is 1. The molecule has 2 aromatic heterocycles. The molecule has 0 saturated carbocycles. The Hall–Kier alpha value is -3.45. The highest BCUT2D eigenvalue weighted by Crippen LogP contribution is 2.30. The summed E-state index contributed by atoms with van der Waals surface area (Å²) in [5, 5.41) is 7.74. The van der Waals surface area contributed by atoms with Crippen LogP contribution in [0.25, 0.3) is 22.8 Å². The van der Waals surface area contributed by atoms with Crippen molar-refractivity contribution < 1.29 is 9.32 Å². The van der Waals surface area contributed by atoms with Gasteiger partial charge in [-0.15, -0.1) is 0 Å². The number of aryl methyl sites for hydroxylation is 2. The maximum absolute atomic E-state index is 12.5. The summed E-state index contributed by atoms with van der Waals surface area (Å²) in [6, 6.07) is 17.5. The van der Waals surface area contributed by atoms with Crippen LogP contribution in [0.4, 0.5) is 5.69 Å². The largest absolute Gasteiger partial charge is 0.334 e. The van der Waals surface area contributed by atoms with E-state index in [1.165, 1.54) is 11.8 Å². The molecule has 4 aromatic rings. The van der Waals surface area contributed by atoms with Crippen LogP contribution in [-0.2, 0) is 4.79 Å². The number of aromatic nitrogens is 3. The number of hydrogen-bond acceptors (Lipinski definition) is 6. The second kappa shape index (κ2) is 9.14. The van der Waals surface area contributed by atoms with Gasteiger partial charge in [0.25, 0.3) is 5.89 Å². The normalized spacial score (nSPS) is 10.8. The number of pyridine rings is 1. The minimum Gasteiger partial charge on any atom is -0.334 e. The zero-order chi connectivity index (χ0) is 21.8. The molecule has 0 atom stereocenters. The van der Waals surface area contributed by atoms with Crippen molar-refractivity contribution in [3.8, 4) is 22.8 Å². The van der Waals surface area contributed by atoms with Gasteiger partial charge in [-0.3, -0.25) is 4.79 Å². The van der Waals surface area contributed by atoms with Crippen LogP contribution < -0.4 is 5.32 Å². The number of nitrogens with one attached hydrogen (secondary N) is 1. The Kier molecular flexibility index (Phi) is 6.13. The van der Waals surface area contributed by atoms with Crippen molar-refractivity contribution in [2.24, 2.45) is 0 Å². The van der Waals surface area contributed by atoms with Gasteiger partial charge in [-0.05, 0) is 50.1 Å². The third kappa shape index (κ3) is 4.83. The Bertz CT molecular complexity index is 1220. The highest BCUT2D eigenvalue weighted by atomic mass is 32.2. The Labute approximate surface area is 185 Å². The molecule has 31 heavy (non-hydrogen) atoms. The van der Waals surface area contributed by atoms with E-state index in [0.29, 0.717) is 22.3 Å². The number of thioether (sulfide) groups is 1. The summed E-state index contributed by atoms with van der Waals surface area (Å²) in [4.78, 5) is 21.4. The Morgan fingerprint density at radius 1 is 1.03 bits per heavy atom. The summed E-state index contributed by atoms with van der Waals surface area (Å²) in [5.74, 6) is 1.01. The molecule has 2 aromatic carbocycles. The van der Waals surface area contributed by atoms with E-state index in [9.17, 15) is 4.79 Å². The van der Waals surface area contributed by atoms with E-state index in [2.05, 4.69) is 20.4 Å². The number of carbonyl (C=O) groups excluding carboxylic acids is 1. The fraction of sp³-hybridized carbons (Fsp3) is 0.167. The molecule has 4 rings (SSSR count). The van der Waals surface area contributed by atoms with Crippen LogP contribution in [0.5, 0.6) is 0 Å². The second-order valence-corrected chi connectivity index (χ2v) is 8.19. The minimum absolute atomic E-state index is 0.0961. The average Bonchev–Trinajstić information content (AvgIpc) is 3.26. The van der Waals surface area contributed by atoms with E-state index in [4.69, 9.17) is 4.52 Å². The average molecular weight is 431 g/mol. The Morgan fingerprint density at radius 3 is 2.65 bits per heavy atom. The first kappa shape index (κ1) is 20.8. The maximum Gasteiger partial charge on any atom is 0.260 e. The smallest absolute Gasteiger partial charge is 0.260 e. The van der Waals surface area contributed by atoms with Crippen molar-refractivity contribution in [1.82, 2.24) is 15.1 Å². The summed E-state index contributed by atoms with van der Waals surface area (Å²) < 4.78 is 5.49. The van der Waals surface area contributed by atoms with Gasteiger partial charge in [0, 0.05) is 17.4 Å². The van der Waals surface area contributed by atoms with E-state index in [-0.39, 0.29) is 11.7 Å². The molecule has 0 radical (unpaired) electrons. The predicted molar refractivity (Wildman–Crippen MR) is 123 cm³/mol. The third-order valence-electron chi connectivity index (χ3n) is 4.96. The molecule has 1 amide bonds. The van der Waals surface area contributed by atoms with Crippen molar-refractivity contribution in [3.05, 3.63) is 77.5 Å². The third-order valence-corrected chi connectivity index (χ3v) is 5.96. The zero-order valence-corrected chi connectivity index (χ0v) is 18.4. The summed E-state index contributed by atoms with van der Waals surface area (Å²) >= 11 is 1.34. The van der Waals surface area contributed by atoms with Crippen molar-refractivity contribution in [1.29, 1.82) is 0 Å². The van der Waals surface area contributed by atoms with E-state index in [1.807, 2.05) is 75.4 Å². The SMILES string of the molecule is Cc1ccc(-c2noc(-c3cccnc3SCC(=O)Nc3cccc(C)c3C)n2)cc1. The molecule has 0 unspecified atom stereocenters. The molecule has 7 heteroatoms. The lowest BCUT2D eigenvalue weighted by atomic mass is 10.1. The van der Waals surface area contributed by atoms with Crippen LogP contribution in [0.2, 0.25) is 0 Å². The van der Waals surface area contributed by atoms with Gasteiger partial charge in [-0.1, -0.05) is 58.9 Å². The molecule has 0 aliphatic carbocycles. The van der Waals surface area contributed by atoms with Crippen LogP contribution in [0, 0.1) is 20.8 Å². The van der Waals surface area contributed by atoms with E-state index in [0.717, 1.165) is 27.9 Å². The molecule has 6 nitrogen and oxygen atoms in total. The maximum atomic E-state index is 12.5. The molecule has 0 saturated heterocycles. The van der Waals surface area contributed by atoms with E-state index in [1.54, 1.807) is 6.20 Å². The van der Waals surface area contributed by atoms with Gasteiger partial charge >= 0.3 is 0 Å². The number of benzene rings is 2. The highest BCUT2D eigenvalue weighted by Gasteiger charge is 2.16. The summed E-state index contributed by atoms with van der Waals surface area (Å²) in [6.45, 7) is 6.05. The van der Waals surface area contributed by atoms with Crippen LogP contribution in [0.1, 0.15) is 16.7 Å². The fourth-order valence-electron chi connectivity index (χ4n) is 3.03. The summed E-state index contributed by atoms with van der Waals surface area (Å²) in [6.07, 6.45) is 1.69. The number of amides is 1. The van der Waals surface area contributed by atoms with Gasteiger partial charge < -0.3 is 9.84 Å². The molecule has 0 aliphatic heterocycles. The van der Waals surface area contributed by atoms with Crippen LogP contribution in [0.15, 0.2) is 70.3 Å². The molecule has 1 N–H and O–H groups in total. The van der Waals surface area contributed by atoms with E-state index >= 15 is 0 Å². The lowest BCUT2D eigenvalue weighted by Gasteiger charge is -2.10. The standard InChI is InChI=1S/C24H22N4O2S/c1-15-9-11-18(12-10-15)22-27-23(30-28-22)19-7-5-13-25-24(19)31-14-21(29)26-20-8-4-6-16(2)17(20)3/h4-13H,14H2,1-3H3,(H,26,29). The lowest BCUT2D eigenvalue weighted by Crippen LogP contribution is -2.15. The molecule has 0 fully saturated rings. The zero-order valence-electron chi connectivity index (χ0n) is 17.5. The van der Waals surface area contributed by atoms with Gasteiger partial charge in [-0.2, -0.15) is 4.98 Å².